The summed E-state index contributed by atoms with van der Waals surface area (Å²) < 4.78 is 0. The second-order valence-corrected chi connectivity index (χ2v) is 2.11. The topological polar surface area (TPSA) is 80.4 Å². The Morgan fingerprint density at radius 2 is 2.08 bits per heavy atom. The summed E-state index contributed by atoms with van der Waals surface area (Å²) in [4.78, 5) is 19.9. The summed E-state index contributed by atoms with van der Waals surface area (Å²) in [6.45, 7) is 0. The maximum absolute atomic E-state index is 10.4. The van der Waals surface area contributed by atoms with Crippen molar-refractivity contribution >= 4 is 69.8 Å². The zero-order valence-electron chi connectivity index (χ0n) is 6.93. The second kappa shape index (κ2) is 5.59. The van der Waals surface area contributed by atoms with E-state index in [0.717, 1.165) is 6.07 Å². The number of hydrogen-bond acceptors (Lipinski definition) is 3. The van der Waals surface area contributed by atoms with E-state index in [2.05, 4.69) is 0 Å². The number of nitro groups is 1. The minimum Gasteiger partial charge on any atom is -0.478 e. The smallest absolute Gasteiger partial charge is 0.335 e. The number of carboxylic acids is 1. The molecule has 0 aliphatic carbocycles. The third kappa shape index (κ3) is 3.64. The van der Waals surface area contributed by atoms with Gasteiger partial charge in [-0.3, -0.25) is 10.1 Å². The van der Waals surface area contributed by atoms with Gasteiger partial charge in [0.2, 0.25) is 0 Å². The van der Waals surface area contributed by atoms with E-state index in [-0.39, 0.29) is 69.4 Å². The van der Waals surface area contributed by atoms with Gasteiger partial charge in [0.25, 0.3) is 5.69 Å². The number of rotatable bonds is 2. The molecule has 1 N–H and O–H groups in total. The van der Waals surface area contributed by atoms with Crippen LogP contribution in [0.25, 0.3) is 0 Å². The van der Waals surface area contributed by atoms with E-state index in [1.54, 1.807) is 0 Å². The zero-order chi connectivity index (χ0) is 9.14. The number of hydrogen-bond donors (Lipinski definition) is 1. The van der Waals surface area contributed by atoms with Crippen LogP contribution in [0.2, 0.25) is 0 Å². The molecule has 13 heavy (non-hydrogen) atoms. The monoisotopic (exact) mass is 252 g/mol. The van der Waals surface area contributed by atoms with Crippen LogP contribution in [-0.2, 0) is 0 Å². The van der Waals surface area contributed by atoms with Gasteiger partial charge in [0, 0.05) is 70.3 Å². The van der Waals surface area contributed by atoms with Crippen molar-refractivity contribution in [3.8, 4) is 0 Å². The first-order valence-electron chi connectivity index (χ1n) is 3.09. The van der Waals surface area contributed by atoms with Crippen molar-refractivity contribution in [2.45, 2.75) is 0 Å². The molecule has 0 amide bonds. The van der Waals surface area contributed by atoms with Crippen molar-refractivity contribution in [3.05, 3.63) is 39.9 Å². The van der Waals surface area contributed by atoms with Gasteiger partial charge in [-0.15, -0.1) is 0 Å². The van der Waals surface area contributed by atoms with E-state index < -0.39 is 10.9 Å². The number of non-ortho nitro benzene ring substituents is 1. The molecule has 0 unspecified atom stereocenters. The number of nitrogens with zero attached hydrogens (tertiary/aromatic N) is 1. The summed E-state index contributed by atoms with van der Waals surface area (Å²) in [5.41, 5.74) is -0.292. The average molecular weight is 253 g/mol. The van der Waals surface area contributed by atoms with Gasteiger partial charge in [0.15, 0.2) is 0 Å². The maximum Gasteiger partial charge on any atom is 0.335 e. The Morgan fingerprint density at radius 1 is 1.46 bits per heavy atom. The Hall–Kier alpha value is -0.105. The van der Waals surface area contributed by atoms with E-state index in [1.165, 1.54) is 18.2 Å². The molecule has 0 aliphatic heterocycles. The molecular formula is C7H5NO4Rb. The van der Waals surface area contributed by atoms with Gasteiger partial charge in [0.1, 0.15) is 0 Å². The summed E-state index contributed by atoms with van der Waals surface area (Å²) in [5.74, 6) is -1.17. The van der Waals surface area contributed by atoms with E-state index in [1.807, 2.05) is 0 Å². The summed E-state index contributed by atoms with van der Waals surface area (Å²) in [5, 5.41) is 18.7. The number of aromatic carboxylic acids is 1. The molecule has 0 atom stereocenters. The number of carboxylic acid groups (broad SMARTS) is 1. The maximum atomic E-state index is 10.4. The molecular weight excluding hydrogens is 248 g/mol. The van der Waals surface area contributed by atoms with Crippen molar-refractivity contribution in [2.75, 3.05) is 0 Å². The fraction of sp³-hybridized carbons (Fsp3) is 0. The number of nitro benzene ring substituents is 1. The van der Waals surface area contributed by atoms with Gasteiger partial charge in [-0.25, -0.2) is 4.79 Å². The van der Waals surface area contributed by atoms with Crippen LogP contribution in [0.5, 0.6) is 0 Å². The summed E-state index contributed by atoms with van der Waals surface area (Å²) >= 11 is 0. The van der Waals surface area contributed by atoms with Gasteiger partial charge in [-0.2, -0.15) is 0 Å². The fourth-order valence-corrected chi connectivity index (χ4v) is 0.753. The van der Waals surface area contributed by atoms with Crippen LogP contribution in [0.4, 0.5) is 5.69 Å². The Labute approximate surface area is 123 Å². The minimum atomic E-state index is -1.17. The van der Waals surface area contributed by atoms with Gasteiger partial charge in [-0.1, -0.05) is 6.07 Å². The summed E-state index contributed by atoms with van der Waals surface area (Å²) in [7, 11) is 0. The van der Waals surface area contributed by atoms with Crippen molar-refractivity contribution in [1.29, 1.82) is 0 Å². The van der Waals surface area contributed by atoms with E-state index in [4.69, 9.17) is 5.11 Å². The number of carbonyl (C=O) groups is 1. The van der Waals surface area contributed by atoms with Crippen LogP contribution in [0.15, 0.2) is 24.3 Å². The normalized spacial score (nSPS) is 8.62. The van der Waals surface area contributed by atoms with E-state index >= 15 is 0 Å². The second-order valence-electron chi connectivity index (χ2n) is 2.11. The molecule has 0 saturated carbocycles. The first-order valence-corrected chi connectivity index (χ1v) is 3.09. The van der Waals surface area contributed by atoms with Crippen LogP contribution in [-0.4, -0.2) is 74.2 Å². The zero-order valence-corrected chi connectivity index (χ0v) is 11.8. The van der Waals surface area contributed by atoms with Crippen LogP contribution in [0.1, 0.15) is 10.4 Å². The van der Waals surface area contributed by atoms with Crippen molar-refractivity contribution in [3.63, 3.8) is 0 Å². The van der Waals surface area contributed by atoms with Gasteiger partial charge < -0.3 is 5.11 Å². The molecule has 0 aromatic heterocycles. The molecule has 0 heterocycles. The van der Waals surface area contributed by atoms with Gasteiger partial charge in [-0.05, 0) is 6.07 Å². The Morgan fingerprint density at radius 3 is 2.54 bits per heavy atom. The van der Waals surface area contributed by atoms with E-state index in [0.29, 0.717) is 0 Å². The third-order valence-electron chi connectivity index (χ3n) is 1.30. The molecule has 0 saturated heterocycles. The Kier molecular flexibility index (Phi) is 5.54. The molecule has 63 valence electrons. The molecule has 0 bridgehead atoms. The molecule has 6 heteroatoms. The molecule has 1 aromatic carbocycles. The standard InChI is InChI=1S/C7H5NO4.Rb/c9-7(10)5-2-1-3-6(4-5)8(11)12;/h1-4H,(H,9,10);. The van der Waals surface area contributed by atoms with Crippen LogP contribution >= 0.6 is 0 Å². The quantitative estimate of drug-likeness (QED) is 0.627. The Bertz CT molecular complexity index is 310. The molecule has 0 spiro atoms. The predicted octanol–water partition coefficient (Wildman–Crippen LogP) is 0.912. The first kappa shape index (κ1) is 12.9. The fourth-order valence-electron chi connectivity index (χ4n) is 0.753. The van der Waals surface area contributed by atoms with Crippen LogP contribution in [0.3, 0.4) is 0 Å². The predicted molar refractivity (Wildman–Crippen MR) is 45.8 cm³/mol. The van der Waals surface area contributed by atoms with Gasteiger partial charge in [0.05, 0.1) is 10.5 Å². The van der Waals surface area contributed by atoms with Crippen molar-refractivity contribution in [2.24, 2.45) is 0 Å². The SMILES string of the molecule is O=C(O)c1cccc([N+](=O)[O-])c1.[Rb]. The summed E-state index contributed by atoms with van der Waals surface area (Å²) in [6, 6.07) is 4.89. The Balaban J connectivity index is 0.00000144. The molecule has 1 rings (SSSR count). The van der Waals surface area contributed by atoms with Gasteiger partial charge >= 0.3 is 5.97 Å². The third-order valence-corrected chi connectivity index (χ3v) is 1.30. The summed E-state index contributed by atoms with van der Waals surface area (Å²) in [6.07, 6.45) is 0. The molecule has 0 fully saturated rings. The largest absolute Gasteiger partial charge is 0.478 e. The number of benzene rings is 1. The molecule has 1 aromatic rings. The van der Waals surface area contributed by atoms with E-state index in [9.17, 15) is 14.9 Å². The molecule has 0 aliphatic rings. The molecule has 5 nitrogen and oxygen atoms in total. The minimum absolute atomic E-state index is 0. The average Bonchev–Trinajstić information content (AvgIpc) is 2.04. The van der Waals surface area contributed by atoms with Crippen LogP contribution in [0, 0.1) is 10.1 Å². The van der Waals surface area contributed by atoms with Crippen molar-refractivity contribution in [1.82, 2.24) is 0 Å². The van der Waals surface area contributed by atoms with Crippen LogP contribution < -0.4 is 0 Å². The van der Waals surface area contributed by atoms with Crippen molar-refractivity contribution < 1.29 is 14.8 Å². The first-order chi connectivity index (χ1) is 5.61. The molecule has 1 radical (unpaired) electrons.